The van der Waals surface area contributed by atoms with Gasteiger partial charge in [-0.25, -0.2) is 5.84 Å². The highest BCUT2D eigenvalue weighted by Crippen LogP contribution is 2.37. The van der Waals surface area contributed by atoms with Crippen LogP contribution in [0.5, 0.6) is 0 Å². The van der Waals surface area contributed by atoms with Crippen LogP contribution in [-0.2, 0) is 0 Å². The van der Waals surface area contributed by atoms with Gasteiger partial charge < -0.3 is 10.7 Å². The molecular formula is C12H23N3. The SMILES string of the molecule is NCC1CCCC1C1CCCC=CN1N. The molecule has 2 aliphatic rings. The highest BCUT2D eigenvalue weighted by molar-refractivity contribution is 4.94. The Labute approximate surface area is 92.5 Å². The van der Waals surface area contributed by atoms with Crippen molar-refractivity contribution in [2.24, 2.45) is 23.4 Å². The topological polar surface area (TPSA) is 55.3 Å². The van der Waals surface area contributed by atoms with Gasteiger partial charge in [-0.2, -0.15) is 0 Å². The third-order valence-electron chi connectivity index (χ3n) is 4.05. The van der Waals surface area contributed by atoms with Gasteiger partial charge in [-0.05, 0) is 50.5 Å². The van der Waals surface area contributed by atoms with Gasteiger partial charge in [0.1, 0.15) is 0 Å². The highest BCUT2D eigenvalue weighted by Gasteiger charge is 2.34. The van der Waals surface area contributed by atoms with E-state index in [2.05, 4.69) is 12.3 Å². The van der Waals surface area contributed by atoms with Crippen LogP contribution in [-0.4, -0.2) is 17.6 Å². The molecule has 1 aliphatic heterocycles. The smallest absolute Gasteiger partial charge is 0.0477 e. The third-order valence-corrected chi connectivity index (χ3v) is 4.05. The number of nitrogens with two attached hydrogens (primary N) is 2. The Hall–Kier alpha value is -0.540. The predicted octanol–water partition coefficient (Wildman–Crippen LogP) is 1.60. The molecule has 0 saturated heterocycles. The summed E-state index contributed by atoms with van der Waals surface area (Å²) in [6.07, 6.45) is 11.9. The lowest BCUT2D eigenvalue weighted by Gasteiger charge is -2.33. The van der Waals surface area contributed by atoms with Crippen molar-refractivity contribution >= 4 is 0 Å². The van der Waals surface area contributed by atoms with Gasteiger partial charge in [0.25, 0.3) is 0 Å². The minimum Gasteiger partial charge on any atom is -0.330 e. The Bertz CT molecular complexity index is 227. The fourth-order valence-electron chi connectivity index (χ4n) is 3.20. The zero-order chi connectivity index (χ0) is 10.7. The highest BCUT2D eigenvalue weighted by atomic mass is 15.4. The second-order valence-corrected chi connectivity index (χ2v) is 4.92. The van der Waals surface area contributed by atoms with E-state index in [-0.39, 0.29) is 0 Å². The summed E-state index contributed by atoms with van der Waals surface area (Å²) in [5.41, 5.74) is 5.84. The molecule has 1 aliphatic carbocycles. The normalized spacial score (nSPS) is 36.9. The van der Waals surface area contributed by atoms with Gasteiger partial charge in [-0.15, -0.1) is 0 Å². The molecule has 0 aromatic heterocycles. The van der Waals surface area contributed by atoms with Gasteiger partial charge in [0, 0.05) is 12.2 Å². The van der Waals surface area contributed by atoms with Crippen LogP contribution in [0.15, 0.2) is 12.3 Å². The molecule has 3 unspecified atom stereocenters. The first-order valence-corrected chi connectivity index (χ1v) is 6.22. The van der Waals surface area contributed by atoms with E-state index in [0.29, 0.717) is 12.0 Å². The summed E-state index contributed by atoms with van der Waals surface area (Å²) in [6.45, 7) is 0.832. The maximum atomic E-state index is 6.08. The second kappa shape index (κ2) is 4.99. The zero-order valence-corrected chi connectivity index (χ0v) is 9.44. The molecule has 0 radical (unpaired) electrons. The molecule has 86 valence electrons. The quantitative estimate of drug-likeness (QED) is 0.679. The van der Waals surface area contributed by atoms with Crippen LogP contribution in [0.1, 0.15) is 38.5 Å². The van der Waals surface area contributed by atoms with Crippen molar-refractivity contribution in [3.05, 3.63) is 12.3 Å². The summed E-state index contributed by atoms with van der Waals surface area (Å²) in [7, 11) is 0. The molecule has 0 aromatic carbocycles. The van der Waals surface area contributed by atoms with E-state index < -0.39 is 0 Å². The number of hydrogen-bond acceptors (Lipinski definition) is 3. The van der Waals surface area contributed by atoms with Crippen molar-refractivity contribution in [2.45, 2.75) is 44.6 Å². The van der Waals surface area contributed by atoms with Crippen LogP contribution < -0.4 is 11.6 Å². The summed E-state index contributed by atoms with van der Waals surface area (Å²) < 4.78 is 0. The van der Waals surface area contributed by atoms with Gasteiger partial charge in [-0.3, -0.25) is 0 Å². The van der Waals surface area contributed by atoms with Gasteiger partial charge in [0.05, 0.1) is 0 Å². The molecule has 3 nitrogen and oxygen atoms in total. The molecule has 1 saturated carbocycles. The van der Waals surface area contributed by atoms with E-state index in [1.165, 1.54) is 38.5 Å². The van der Waals surface area contributed by atoms with E-state index in [0.717, 1.165) is 12.5 Å². The lowest BCUT2D eigenvalue weighted by Crippen LogP contribution is -2.43. The molecular weight excluding hydrogens is 186 g/mol. The van der Waals surface area contributed by atoms with E-state index >= 15 is 0 Å². The maximum absolute atomic E-state index is 6.08. The molecule has 1 heterocycles. The van der Waals surface area contributed by atoms with Crippen LogP contribution in [0.25, 0.3) is 0 Å². The summed E-state index contributed by atoms with van der Waals surface area (Å²) in [5.74, 6) is 7.51. The van der Waals surface area contributed by atoms with Crippen LogP contribution in [0, 0.1) is 11.8 Å². The van der Waals surface area contributed by atoms with Crippen molar-refractivity contribution in [1.82, 2.24) is 5.01 Å². The Balaban J connectivity index is 2.03. The number of hydrazine groups is 1. The Morgan fingerprint density at radius 2 is 2.07 bits per heavy atom. The van der Waals surface area contributed by atoms with Gasteiger partial charge in [0.15, 0.2) is 0 Å². The average Bonchev–Trinajstić information content (AvgIpc) is 2.61. The van der Waals surface area contributed by atoms with Crippen molar-refractivity contribution in [2.75, 3.05) is 6.54 Å². The van der Waals surface area contributed by atoms with Crippen LogP contribution in [0.4, 0.5) is 0 Å². The monoisotopic (exact) mass is 209 g/mol. The van der Waals surface area contributed by atoms with Crippen LogP contribution >= 0.6 is 0 Å². The molecule has 1 fully saturated rings. The van der Waals surface area contributed by atoms with E-state index in [4.69, 9.17) is 11.6 Å². The first-order chi connectivity index (χ1) is 7.33. The fraction of sp³-hybridized carbons (Fsp3) is 0.833. The maximum Gasteiger partial charge on any atom is 0.0477 e. The third kappa shape index (κ3) is 2.34. The number of hydrogen-bond donors (Lipinski definition) is 2. The lowest BCUT2D eigenvalue weighted by molar-refractivity contribution is 0.163. The summed E-state index contributed by atoms with van der Waals surface area (Å²) in [6, 6.07) is 0.528. The predicted molar refractivity (Wildman–Crippen MR) is 62.7 cm³/mol. The Kier molecular flexibility index (Phi) is 3.65. The Morgan fingerprint density at radius 1 is 1.20 bits per heavy atom. The van der Waals surface area contributed by atoms with Gasteiger partial charge >= 0.3 is 0 Å². The first kappa shape index (κ1) is 11.0. The minimum atomic E-state index is 0.528. The van der Waals surface area contributed by atoms with Crippen molar-refractivity contribution in [3.63, 3.8) is 0 Å². The Morgan fingerprint density at radius 3 is 2.87 bits per heavy atom. The van der Waals surface area contributed by atoms with Gasteiger partial charge in [-0.1, -0.05) is 12.5 Å². The van der Waals surface area contributed by atoms with E-state index in [1.54, 1.807) is 0 Å². The number of allylic oxidation sites excluding steroid dienone is 1. The zero-order valence-electron chi connectivity index (χ0n) is 9.44. The number of nitrogens with zero attached hydrogens (tertiary/aromatic N) is 1. The minimum absolute atomic E-state index is 0.528. The molecule has 0 aromatic rings. The summed E-state index contributed by atoms with van der Waals surface area (Å²) in [4.78, 5) is 0. The molecule has 2 rings (SSSR count). The molecule has 0 bridgehead atoms. The second-order valence-electron chi connectivity index (χ2n) is 4.92. The molecule has 3 atom stereocenters. The molecule has 0 spiro atoms. The fourth-order valence-corrected chi connectivity index (χ4v) is 3.20. The van der Waals surface area contributed by atoms with Crippen molar-refractivity contribution in [1.29, 1.82) is 0 Å². The summed E-state index contributed by atoms with van der Waals surface area (Å²) >= 11 is 0. The van der Waals surface area contributed by atoms with Crippen molar-refractivity contribution < 1.29 is 0 Å². The van der Waals surface area contributed by atoms with E-state index in [9.17, 15) is 0 Å². The number of rotatable bonds is 2. The largest absolute Gasteiger partial charge is 0.330 e. The van der Waals surface area contributed by atoms with Crippen molar-refractivity contribution in [3.8, 4) is 0 Å². The summed E-state index contributed by atoms with van der Waals surface area (Å²) in [5, 5.41) is 1.94. The van der Waals surface area contributed by atoms with E-state index in [1.807, 2.05) is 5.01 Å². The molecule has 0 amide bonds. The molecule has 4 N–H and O–H groups in total. The lowest BCUT2D eigenvalue weighted by atomic mass is 9.86. The van der Waals surface area contributed by atoms with Gasteiger partial charge in [0.2, 0.25) is 0 Å². The molecule has 3 heteroatoms. The van der Waals surface area contributed by atoms with Crippen LogP contribution in [0.3, 0.4) is 0 Å². The standard InChI is InChI=1S/C12H23N3/c13-9-10-5-4-6-11(10)12-7-2-1-3-8-15(12)14/h3,8,10-12H,1-2,4-7,9,13-14H2. The average molecular weight is 209 g/mol. The first-order valence-electron chi connectivity index (χ1n) is 6.22. The molecule has 15 heavy (non-hydrogen) atoms. The van der Waals surface area contributed by atoms with Crippen LogP contribution in [0.2, 0.25) is 0 Å².